The van der Waals surface area contributed by atoms with Crippen LogP contribution in [0.3, 0.4) is 0 Å². The van der Waals surface area contributed by atoms with Crippen LogP contribution < -0.4 is 10.6 Å². The molecule has 3 rings (SSSR count). The van der Waals surface area contributed by atoms with Gasteiger partial charge in [-0.3, -0.25) is 9.59 Å². The van der Waals surface area contributed by atoms with Crippen molar-refractivity contribution in [1.29, 1.82) is 0 Å². The van der Waals surface area contributed by atoms with Crippen molar-refractivity contribution in [3.63, 3.8) is 0 Å². The number of nitrogens with one attached hydrogen (secondary N) is 2. The van der Waals surface area contributed by atoms with Gasteiger partial charge >= 0.3 is 0 Å². The molecule has 0 heterocycles. The van der Waals surface area contributed by atoms with E-state index in [0.717, 1.165) is 16.7 Å². The van der Waals surface area contributed by atoms with Crippen molar-refractivity contribution in [2.24, 2.45) is 0 Å². The van der Waals surface area contributed by atoms with Crippen molar-refractivity contribution >= 4 is 23.6 Å². The second kappa shape index (κ2) is 8.82. The molecule has 2 N–H and O–H groups in total. The molecule has 0 bridgehead atoms. The number of benzene rings is 3. The number of hydrogen-bond donors (Lipinski definition) is 2. The first-order chi connectivity index (χ1) is 13.5. The molecule has 0 saturated carbocycles. The third-order valence-electron chi connectivity index (χ3n) is 4.19. The smallest absolute Gasteiger partial charge is 0.272 e. The van der Waals surface area contributed by atoms with Crippen LogP contribution in [0, 0.1) is 13.8 Å². The van der Waals surface area contributed by atoms with Gasteiger partial charge in [0.2, 0.25) is 0 Å². The molecule has 140 valence electrons. The third-order valence-corrected chi connectivity index (χ3v) is 4.19. The summed E-state index contributed by atoms with van der Waals surface area (Å²) in [5.74, 6) is -0.712. The summed E-state index contributed by atoms with van der Waals surface area (Å²) in [6.45, 7) is 3.91. The van der Waals surface area contributed by atoms with E-state index in [0.29, 0.717) is 11.3 Å². The van der Waals surface area contributed by atoms with Gasteiger partial charge in [0, 0.05) is 11.3 Å². The van der Waals surface area contributed by atoms with Crippen LogP contribution in [0.2, 0.25) is 0 Å². The van der Waals surface area contributed by atoms with Crippen LogP contribution in [0.1, 0.15) is 27.0 Å². The van der Waals surface area contributed by atoms with Crippen LogP contribution in [0.5, 0.6) is 0 Å². The van der Waals surface area contributed by atoms with E-state index in [-0.39, 0.29) is 17.5 Å². The third kappa shape index (κ3) is 5.17. The van der Waals surface area contributed by atoms with E-state index in [2.05, 4.69) is 10.6 Å². The highest BCUT2D eigenvalue weighted by Crippen LogP contribution is 2.13. The van der Waals surface area contributed by atoms with Crippen molar-refractivity contribution in [3.8, 4) is 0 Å². The topological polar surface area (TPSA) is 58.2 Å². The monoisotopic (exact) mass is 370 g/mol. The molecule has 28 heavy (non-hydrogen) atoms. The van der Waals surface area contributed by atoms with Gasteiger partial charge < -0.3 is 10.6 Å². The van der Waals surface area contributed by atoms with E-state index in [9.17, 15) is 9.59 Å². The average molecular weight is 370 g/mol. The van der Waals surface area contributed by atoms with Crippen molar-refractivity contribution in [2.45, 2.75) is 13.8 Å². The fourth-order valence-electron chi connectivity index (χ4n) is 2.69. The van der Waals surface area contributed by atoms with Gasteiger partial charge in [0.25, 0.3) is 11.8 Å². The van der Waals surface area contributed by atoms with E-state index in [4.69, 9.17) is 0 Å². The van der Waals surface area contributed by atoms with Gasteiger partial charge in [-0.2, -0.15) is 0 Å². The Morgan fingerprint density at radius 2 is 1.50 bits per heavy atom. The Hall–Kier alpha value is -3.66. The van der Waals surface area contributed by atoms with Gasteiger partial charge in [0.1, 0.15) is 5.70 Å². The molecule has 0 unspecified atom stereocenters. The Bertz CT molecular complexity index is 1010. The molecule has 2 amide bonds. The molecule has 0 spiro atoms. The number of amides is 2. The summed E-state index contributed by atoms with van der Waals surface area (Å²) in [7, 11) is 0. The molecule has 4 heteroatoms. The van der Waals surface area contributed by atoms with Crippen molar-refractivity contribution in [1.82, 2.24) is 5.32 Å². The maximum absolute atomic E-state index is 12.9. The Morgan fingerprint density at radius 3 is 2.18 bits per heavy atom. The fraction of sp³-hybridized carbons (Fsp3) is 0.0833. The Kier molecular flexibility index (Phi) is 6.02. The highest BCUT2D eigenvalue weighted by Gasteiger charge is 2.15. The molecule has 3 aromatic rings. The van der Waals surface area contributed by atoms with Crippen LogP contribution in [-0.4, -0.2) is 11.8 Å². The molecule has 0 atom stereocenters. The molecular formula is C24H22N2O2. The molecule has 0 saturated heterocycles. The minimum Gasteiger partial charge on any atom is -0.321 e. The second-order valence-corrected chi connectivity index (χ2v) is 6.61. The minimum absolute atomic E-state index is 0.179. The molecular weight excluding hydrogens is 348 g/mol. The lowest BCUT2D eigenvalue weighted by molar-refractivity contribution is -0.113. The van der Waals surface area contributed by atoms with Crippen LogP contribution in [-0.2, 0) is 4.79 Å². The highest BCUT2D eigenvalue weighted by atomic mass is 16.2. The first kappa shape index (κ1) is 19.1. The Morgan fingerprint density at radius 1 is 0.786 bits per heavy atom. The van der Waals surface area contributed by atoms with Gasteiger partial charge in [-0.25, -0.2) is 0 Å². The summed E-state index contributed by atoms with van der Waals surface area (Å²) in [6, 6.07) is 24.1. The summed E-state index contributed by atoms with van der Waals surface area (Å²) in [5, 5.41) is 5.59. The van der Waals surface area contributed by atoms with Crippen molar-refractivity contribution in [2.75, 3.05) is 5.32 Å². The number of anilines is 1. The van der Waals surface area contributed by atoms with E-state index >= 15 is 0 Å². The lowest BCUT2D eigenvalue weighted by Gasteiger charge is -2.12. The zero-order chi connectivity index (χ0) is 19.9. The van der Waals surface area contributed by atoms with Crippen LogP contribution >= 0.6 is 0 Å². The number of rotatable bonds is 5. The maximum Gasteiger partial charge on any atom is 0.272 e. The van der Waals surface area contributed by atoms with Gasteiger partial charge in [0.15, 0.2) is 0 Å². The predicted molar refractivity (Wildman–Crippen MR) is 113 cm³/mol. The lowest BCUT2D eigenvalue weighted by atomic mass is 10.1. The first-order valence-corrected chi connectivity index (χ1v) is 9.04. The Balaban J connectivity index is 1.86. The molecule has 0 aliphatic rings. The molecule has 0 aromatic heterocycles. The molecule has 0 fully saturated rings. The van der Waals surface area contributed by atoms with E-state index < -0.39 is 0 Å². The fourth-order valence-corrected chi connectivity index (χ4v) is 2.69. The summed E-state index contributed by atoms with van der Waals surface area (Å²) < 4.78 is 0. The SMILES string of the molecule is Cc1ccc(C(=O)NC(=Cc2ccccc2)C(=O)Nc2cccc(C)c2)cc1. The minimum atomic E-state index is -0.380. The normalized spacial score (nSPS) is 11.0. The van der Waals surface area contributed by atoms with Gasteiger partial charge in [-0.15, -0.1) is 0 Å². The van der Waals surface area contributed by atoms with E-state index in [1.165, 1.54) is 0 Å². The predicted octanol–water partition coefficient (Wildman–Crippen LogP) is 4.71. The molecule has 0 radical (unpaired) electrons. The Labute approximate surface area is 164 Å². The molecule has 3 aromatic carbocycles. The van der Waals surface area contributed by atoms with Crippen molar-refractivity contribution < 1.29 is 9.59 Å². The van der Waals surface area contributed by atoms with Gasteiger partial charge in [-0.1, -0.05) is 60.2 Å². The van der Waals surface area contributed by atoms with E-state index in [1.807, 2.05) is 80.6 Å². The molecule has 4 nitrogen and oxygen atoms in total. The highest BCUT2D eigenvalue weighted by molar-refractivity contribution is 6.10. The van der Waals surface area contributed by atoms with E-state index in [1.54, 1.807) is 18.2 Å². The van der Waals surface area contributed by atoms with Crippen LogP contribution in [0.25, 0.3) is 6.08 Å². The van der Waals surface area contributed by atoms with Crippen LogP contribution in [0.4, 0.5) is 5.69 Å². The number of hydrogen-bond acceptors (Lipinski definition) is 2. The van der Waals surface area contributed by atoms with Gasteiger partial charge in [-0.05, 0) is 55.3 Å². The maximum atomic E-state index is 12.9. The summed E-state index contributed by atoms with van der Waals surface area (Å²) in [5.41, 5.74) is 4.27. The zero-order valence-corrected chi connectivity index (χ0v) is 15.9. The second-order valence-electron chi connectivity index (χ2n) is 6.61. The average Bonchev–Trinajstić information content (AvgIpc) is 2.68. The summed E-state index contributed by atoms with van der Waals surface area (Å²) in [4.78, 5) is 25.5. The van der Waals surface area contributed by atoms with Crippen molar-refractivity contribution in [3.05, 3.63) is 107 Å². The number of aryl methyl sites for hydroxylation is 2. The van der Waals surface area contributed by atoms with Crippen LogP contribution in [0.15, 0.2) is 84.6 Å². The number of carbonyl (C=O) groups is 2. The number of carbonyl (C=O) groups excluding carboxylic acids is 2. The first-order valence-electron chi connectivity index (χ1n) is 9.04. The lowest BCUT2D eigenvalue weighted by Crippen LogP contribution is -2.30. The largest absolute Gasteiger partial charge is 0.321 e. The molecule has 0 aliphatic carbocycles. The standard InChI is InChI=1S/C24H22N2O2/c1-17-11-13-20(14-12-17)23(27)26-22(16-19-8-4-3-5-9-19)24(28)25-21-10-6-7-18(2)15-21/h3-16H,1-2H3,(H,25,28)(H,26,27). The molecule has 0 aliphatic heterocycles. The quantitative estimate of drug-likeness (QED) is 0.639. The zero-order valence-electron chi connectivity index (χ0n) is 15.9. The summed E-state index contributed by atoms with van der Waals surface area (Å²) >= 11 is 0. The summed E-state index contributed by atoms with van der Waals surface area (Å²) in [6.07, 6.45) is 1.66. The van der Waals surface area contributed by atoms with Gasteiger partial charge in [0.05, 0.1) is 0 Å².